The van der Waals surface area contributed by atoms with E-state index in [0.29, 0.717) is 48.7 Å². The van der Waals surface area contributed by atoms with E-state index >= 15 is 0 Å². The highest BCUT2D eigenvalue weighted by molar-refractivity contribution is 5.96. The average molecular weight is 566 g/mol. The monoisotopic (exact) mass is 565 g/mol. The zero-order chi connectivity index (χ0) is 29.3. The van der Waals surface area contributed by atoms with Gasteiger partial charge in [-0.05, 0) is 51.3 Å². The Morgan fingerprint density at radius 2 is 2.02 bits per heavy atom. The number of rotatable bonds is 7. The molecule has 2 aliphatic heterocycles. The number of benzene rings is 1. The lowest BCUT2D eigenvalue weighted by molar-refractivity contribution is -0.127. The Kier molecular flexibility index (Phi) is 7.88. The summed E-state index contributed by atoms with van der Waals surface area (Å²) in [6.07, 6.45) is 2.17. The zero-order valence-corrected chi connectivity index (χ0v) is 24.1. The molecule has 1 N–H and O–H groups in total. The van der Waals surface area contributed by atoms with Crippen LogP contribution in [0.3, 0.4) is 0 Å². The molecule has 11 heteroatoms. The van der Waals surface area contributed by atoms with Crippen molar-refractivity contribution in [2.45, 2.75) is 32.8 Å². The number of aromatic nitrogens is 2. The van der Waals surface area contributed by atoms with Crippen LogP contribution < -0.4 is 19.7 Å². The van der Waals surface area contributed by atoms with Crippen LogP contribution in [0.2, 0.25) is 0 Å². The van der Waals surface area contributed by atoms with Gasteiger partial charge >= 0.3 is 6.09 Å². The summed E-state index contributed by atoms with van der Waals surface area (Å²) in [7, 11) is 3.08. The largest absolute Gasteiger partial charge is 0.494 e. The van der Waals surface area contributed by atoms with Crippen molar-refractivity contribution in [1.82, 2.24) is 20.2 Å². The van der Waals surface area contributed by atoms with E-state index in [2.05, 4.69) is 15.2 Å². The topological polar surface area (TPSA) is 106 Å². The van der Waals surface area contributed by atoms with E-state index in [1.54, 1.807) is 25.4 Å². The van der Waals surface area contributed by atoms with Crippen molar-refractivity contribution < 1.29 is 28.2 Å². The first-order valence-corrected chi connectivity index (χ1v) is 13.8. The quantitative estimate of drug-likeness (QED) is 0.453. The van der Waals surface area contributed by atoms with Gasteiger partial charge in [0.1, 0.15) is 12.2 Å². The molecule has 4 heterocycles. The lowest BCUT2D eigenvalue weighted by Crippen LogP contribution is -2.41. The van der Waals surface area contributed by atoms with Gasteiger partial charge in [0.15, 0.2) is 11.6 Å². The van der Waals surface area contributed by atoms with Crippen molar-refractivity contribution in [2.75, 3.05) is 51.8 Å². The number of nitrogens with zero attached hydrogens (tertiary/aromatic N) is 4. The van der Waals surface area contributed by atoms with Crippen LogP contribution in [0.1, 0.15) is 27.2 Å². The number of amides is 2. The minimum absolute atomic E-state index is 0.0762. The molecular weight excluding hydrogens is 529 g/mol. The molecule has 0 aliphatic carbocycles. The number of methoxy groups -OCH3 is 1. The number of piperidine rings is 1. The second kappa shape index (κ2) is 11.4. The molecule has 0 radical (unpaired) electrons. The fourth-order valence-corrected chi connectivity index (χ4v) is 5.28. The predicted octanol–water partition coefficient (Wildman–Crippen LogP) is 4.26. The second-order valence-corrected chi connectivity index (χ2v) is 11.5. The molecule has 2 saturated heterocycles. The maximum absolute atomic E-state index is 14.8. The number of hydrogen-bond acceptors (Lipinski definition) is 8. The van der Waals surface area contributed by atoms with Crippen LogP contribution >= 0.6 is 0 Å². The van der Waals surface area contributed by atoms with Crippen LogP contribution in [0, 0.1) is 17.7 Å². The van der Waals surface area contributed by atoms with E-state index in [0.717, 1.165) is 17.7 Å². The third-order valence-electron chi connectivity index (χ3n) is 7.41. The highest BCUT2D eigenvalue weighted by atomic mass is 19.1. The highest BCUT2D eigenvalue weighted by Gasteiger charge is 2.40. The average Bonchev–Trinajstić information content (AvgIpc) is 3.37. The Hall–Kier alpha value is -4.15. The minimum Gasteiger partial charge on any atom is -0.494 e. The number of likely N-dealkylation sites (N-methyl/N-ethyl adjacent to an activating group) is 1. The van der Waals surface area contributed by atoms with Crippen LogP contribution in [0.15, 0.2) is 36.5 Å². The van der Waals surface area contributed by atoms with Gasteiger partial charge in [0.2, 0.25) is 11.8 Å². The molecule has 0 spiro atoms. The molecule has 218 valence electrons. The molecule has 1 aromatic carbocycles. The normalized spacial score (nSPS) is 18.6. The van der Waals surface area contributed by atoms with Gasteiger partial charge in [0, 0.05) is 61.6 Å². The van der Waals surface area contributed by atoms with Crippen molar-refractivity contribution in [3.63, 3.8) is 0 Å². The minimum atomic E-state index is -0.568. The third kappa shape index (κ3) is 6.28. The number of carbonyl (C=O) groups is 2. The van der Waals surface area contributed by atoms with Gasteiger partial charge in [0.05, 0.1) is 30.8 Å². The fourth-order valence-electron chi connectivity index (χ4n) is 5.28. The Morgan fingerprint density at radius 1 is 1.22 bits per heavy atom. The molecule has 2 amide bonds. The Balaban J connectivity index is 1.36. The van der Waals surface area contributed by atoms with Crippen LogP contribution in [0.5, 0.6) is 11.6 Å². The van der Waals surface area contributed by atoms with E-state index in [-0.39, 0.29) is 30.1 Å². The van der Waals surface area contributed by atoms with Gasteiger partial charge < -0.3 is 29.3 Å². The van der Waals surface area contributed by atoms with Gasteiger partial charge in [-0.25, -0.2) is 19.2 Å². The van der Waals surface area contributed by atoms with Gasteiger partial charge in [-0.1, -0.05) is 0 Å². The molecule has 5 rings (SSSR count). The molecule has 2 unspecified atom stereocenters. The van der Waals surface area contributed by atoms with Gasteiger partial charge in [0.25, 0.3) is 0 Å². The summed E-state index contributed by atoms with van der Waals surface area (Å²) in [6, 6.07) is 8.58. The standard InChI is InChI=1S/C30H36FN5O5/c1-30(2,3)41-29(38)35(4)10-11-40-27-7-6-18(15-33-27)23-13-25(20-12-22(31)26(39-5)14-24(20)34-23)36-16-19-8-9-32-28(37)21(19)17-36/h6-7,12-15,19,21H,8-11,16-17H2,1-5H3,(H,32,37). The first-order valence-electron chi connectivity index (χ1n) is 13.8. The fraction of sp³-hybridized carbons (Fsp3) is 0.467. The summed E-state index contributed by atoms with van der Waals surface area (Å²) in [5.41, 5.74) is 2.24. The Labute approximate surface area is 238 Å². The molecule has 0 bridgehead atoms. The molecule has 2 fully saturated rings. The summed E-state index contributed by atoms with van der Waals surface area (Å²) >= 11 is 0. The maximum atomic E-state index is 14.8. The number of fused-ring (bicyclic) bond motifs is 2. The summed E-state index contributed by atoms with van der Waals surface area (Å²) in [5.74, 6) is 0.293. The summed E-state index contributed by atoms with van der Waals surface area (Å²) in [6.45, 7) is 7.99. The number of ether oxygens (including phenoxy) is 3. The SMILES string of the molecule is COc1cc2nc(-c3ccc(OCCN(C)C(=O)OC(C)(C)C)nc3)cc(N3CC4CCNC(=O)C4C3)c2cc1F. The molecular formula is C30H36FN5O5. The lowest BCUT2D eigenvalue weighted by Gasteiger charge is -2.24. The Morgan fingerprint density at radius 3 is 2.71 bits per heavy atom. The second-order valence-electron chi connectivity index (χ2n) is 11.5. The van der Waals surface area contributed by atoms with Crippen molar-refractivity contribution in [3.05, 3.63) is 42.3 Å². The number of anilines is 1. The van der Waals surface area contributed by atoms with E-state index in [4.69, 9.17) is 19.2 Å². The number of carbonyl (C=O) groups excluding carboxylic acids is 2. The summed E-state index contributed by atoms with van der Waals surface area (Å²) < 4.78 is 31.1. The molecule has 2 aromatic heterocycles. The summed E-state index contributed by atoms with van der Waals surface area (Å²) in [5, 5.41) is 3.62. The number of hydrogen-bond donors (Lipinski definition) is 1. The van der Waals surface area contributed by atoms with Crippen LogP contribution in [0.25, 0.3) is 22.2 Å². The smallest absolute Gasteiger partial charge is 0.410 e. The number of pyridine rings is 2. The Bertz CT molecular complexity index is 1440. The van der Waals surface area contributed by atoms with Crippen molar-refractivity contribution in [2.24, 2.45) is 11.8 Å². The molecule has 2 atom stereocenters. The first kappa shape index (κ1) is 28.4. The van der Waals surface area contributed by atoms with Gasteiger partial charge in [-0.2, -0.15) is 0 Å². The molecule has 0 saturated carbocycles. The van der Waals surface area contributed by atoms with Crippen molar-refractivity contribution >= 4 is 28.6 Å². The van der Waals surface area contributed by atoms with E-state index in [9.17, 15) is 14.0 Å². The van der Waals surface area contributed by atoms with E-state index in [1.165, 1.54) is 18.1 Å². The highest BCUT2D eigenvalue weighted by Crippen LogP contribution is 2.39. The molecule has 10 nitrogen and oxygen atoms in total. The van der Waals surface area contributed by atoms with Crippen molar-refractivity contribution in [3.8, 4) is 22.9 Å². The van der Waals surface area contributed by atoms with Crippen LogP contribution in [-0.2, 0) is 9.53 Å². The van der Waals surface area contributed by atoms with Gasteiger partial charge in [-0.3, -0.25) is 4.79 Å². The zero-order valence-electron chi connectivity index (χ0n) is 24.1. The van der Waals surface area contributed by atoms with Crippen LogP contribution in [0.4, 0.5) is 14.9 Å². The van der Waals surface area contributed by atoms with E-state index in [1.807, 2.05) is 32.9 Å². The van der Waals surface area contributed by atoms with Gasteiger partial charge in [-0.15, -0.1) is 0 Å². The molecule has 3 aromatic rings. The lowest BCUT2D eigenvalue weighted by atomic mass is 9.89. The first-order chi connectivity index (χ1) is 19.5. The third-order valence-corrected chi connectivity index (χ3v) is 7.41. The van der Waals surface area contributed by atoms with Crippen molar-refractivity contribution in [1.29, 1.82) is 0 Å². The van der Waals surface area contributed by atoms with E-state index < -0.39 is 17.5 Å². The maximum Gasteiger partial charge on any atom is 0.410 e. The predicted molar refractivity (Wildman–Crippen MR) is 153 cm³/mol. The molecule has 41 heavy (non-hydrogen) atoms. The molecule has 2 aliphatic rings. The number of halogens is 1. The summed E-state index contributed by atoms with van der Waals surface area (Å²) in [4.78, 5) is 37.5. The number of nitrogens with one attached hydrogen (secondary N) is 1. The van der Waals surface area contributed by atoms with Crippen LogP contribution in [-0.4, -0.2) is 79.4 Å².